The summed E-state index contributed by atoms with van der Waals surface area (Å²) in [5.41, 5.74) is 1.20. The van der Waals surface area contributed by atoms with Crippen molar-refractivity contribution in [3.8, 4) is 5.75 Å². The van der Waals surface area contributed by atoms with Crippen LogP contribution in [0.4, 0.5) is 0 Å². The molecule has 1 aromatic carbocycles. The number of halogens is 1. The quantitative estimate of drug-likeness (QED) is 0.875. The van der Waals surface area contributed by atoms with Crippen molar-refractivity contribution in [2.75, 3.05) is 13.7 Å². The fourth-order valence-electron chi connectivity index (χ4n) is 2.45. The Kier molecular flexibility index (Phi) is 3.72. The average Bonchev–Trinajstić information content (AvgIpc) is 2.81. The van der Waals surface area contributed by atoms with E-state index in [0.717, 1.165) is 12.3 Å². The molecule has 2 atom stereocenters. The van der Waals surface area contributed by atoms with E-state index in [0.29, 0.717) is 17.0 Å². The van der Waals surface area contributed by atoms with Crippen molar-refractivity contribution < 1.29 is 4.74 Å². The Morgan fingerprint density at radius 1 is 1.50 bits per heavy atom. The molecular formula is C13H18ClNO. The van der Waals surface area contributed by atoms with Crippen LogP contribution in [0.1, 0.15) is 31.2 Å². The molecule has 1 aliphatic rings. The third-order valence-corrected chi connectivity index (χ3v) is 3.69. The van der Waals surface area contributed by atoms with Crippen LogP contribution in [0.3, 0.4) is 0 Å². The lowest BCUT2D eigenvalue weighted by Gasteiger charge is -2.22. The highest BCUT2D eigenvalue weighted by atomic mass is 35.5. The van der Waals surface area contributed by atoms with Gasteiger partial charge in [0.2, 0.25) is 0 Å². The summed E-state index contributed by atoms with van der Waals surface area (Å²) in [7, 11) is 1.68. The predicted octanol–water partition coefficient (Wildman–Crippen LogP) is 3.20. The number of methoxy groups -OCH3 is 1. The highest BCUT2D eigenvalue weighted by Crippen LogP contribution is 2.36. The first-order valence-corrected chi connectivity index (χ1v) is 6.17. The van der Waals surface area contributed by atoms with Gasteiger partial charge in [0.25, 0.3) is 0 Å². The van der Waals surface area contributed by atoms with Crippen LogP contribution < -0.4 is 10.1 Å². The molecule has 88 valence electrons. The first-order chi connectivity index (χ1) is 7.74. The summed E-state index contributed by atoms with van der Waals surface area (Å²) < 4.78 is 5.40. The zero-order valence-electron chi connectivity index (χ0n) is 9.79. The van der Waals surface area contributed by atoms with E-state index in [4.69, 9.17) is 16.3 Å². The molecule has 1 fully saturated rings. The Hall–Kier alpha value is -0.730. The van der Waals surface area contributed by atoms with Crippen molar-refractivity contribution in [1.82, 2.24) is 5.32 Å². The second-order valence-electron chi connectivity index (χ2n) is 4.35. The van der Waals surface area contributed by atoms with E-state index in [-0.39, 0.29) is 0 Å². The number of para-hydroxylation sites is 1. The minimum atomic E-state index is 0.441. The third-order valence-electron chi connectivity index (χ3n) is 3.39. The summed E-state index contributed by atoms with van der Waals surface area (Å²) in [5, 5.41) is 4.23. The molecule has 2 rings (SSSR count). The number of hydrogen-bond acceptors (Lipinski definition) is 2. The number of benzene rings is 1. The first kappa shape index (κ1) is 11.7. The van der Waals surface area contributed by atoms with Gasteiger partial charge >= 0.3 is 0 Å². The van der Waals surface area contributed by atoms with E-state index in [2.05, 4.69) is 18.3 Å². The van der Waals surface area contributed by atoms with E-state index < -0.39 is 0 Å². The normalized spacial score (nSPS) is 22.1. The van der Waals surface area contributed by atoms with Gasteiger partial charge in [0.15, 0.2) is 0 Å². The molecule has 0 spiro atoms. The van der Waals surface area contributed by atoms with Crippen molar-refractivity contribution in [3.05, 3.63) is 28.8 Å². The van der Waals surface area contributed by atoms with Crippen LogP contribution in [0, 0.1) is 0 Å². The lowest BCUT2D eigenvalue weighted by atomic mass is 9.91. The summed E-state index contributed by atoms with van der Waals surface area (Å²) in [6.45, 7) is 3.36. The molecule has 1 N–H and O–H groups in total. The Labute approximate surface area is 102 Å². The number of ether oxygens (including phenoxy) is 1. The van der Waals surface area contributed by atoms with Crippen LogP contribution in [-0.4, -0.2) is 19.7 Å². The standard InChI is InChI=1S/C13H18ClNO/c1-9(12-7-4-8-15-12)10-5-3-6-11(14)13(10)16-2/h3,5-6,9,12,15H,4,7-8H2,1-2H3. The monoisotopic (exact) mass is 239 g/mol. The number of rotatable bonds is 3. The van der Waals surface area contributed by atoms with Crippen molar-refractivity contribution in [2.24, 2.45) is 0 Å². The molecule has 1 aliphatic heterocycles. The summed E-state index contributed by atoms with van der Waals surface area (Å²) in [4.78, 5) is 0. The molecule has 1 heterocycles. The van der Waals surface area contributed by atoms with Gasteiger partial charge in [-0.3, -0.25) is 0 Å². The number of nitrogens with one attached hydrogen (secondary N) is 1. The first-order valence-electron chi connectivity index (χ1n) is 5.80. The molecule has 0 amide bonds. The smallest absolute Gasteiger partial charge is 0.140 e. The van der Waals surface area contributed by atoms with E-state index in [1.807, 2.05) is 12.1 Å². The van der Waals surface area contributed by atoms with Crippen molar-refractivity contribution in [2.45, 2.75) is 31.7 Å². The van der Waals surface area contributed by atoms with Gasteiger partial charge in [-0.15, -0.1) is 0 Å². The molecule has 2 nitrogen and oxygen atoms in total. The van der Waals surface area contributed by atoms with Crippen molar-refractivity contribution in [3.63, 3.8) is 0 Å². The zero-order valence-corrected chi connectivity index (χ0v) is 10.6. The second-order valence-corrected chi connectivity index (χ2v) is 4.76. The molecule has 0 saturated carbocycles. The van der Waals surface area contributed by atoms with Crippen LogP contribution in [-0.2, 0) is 0 Å². The Bertz CT molecular complexity index is 361. The molecule has 0 aliphatic carbocycles. The predicted molar refractivity (Wildman–Crippen MR) is 67.4 cm³/mol. The summed E-state index contributed by atoms with van der Waals surface area (Å²) in [6, 6.07) is 6.52. The van der Waals surface area contributed by atoms with Gasteiger partial charge in [-0.1, -0.05) is 30.7 Å². The summed E-state index contributed by atoms with van der Waals surface area (Å²) in [6.07, 6.45) is 2.49. The Morgan fingerprint density at radius 2 is 2.31 bits per heavy atom. The van der Waals surface area contributed by atoms with Crippen LogP contribution in [0.2, 0.25) is 5.02 Å². The van der Waals surface area contributed by atoms with Gasteiger partial charge in [0.05, 0.1) is 12.1 Å². The minimum Gasteiger partial charge on any atom is -0.495 e. The molecule has 0 aromatic heterocycles. The van der Waals surface area contributed by atoms with Crippen LogP contribution >= 0.6 is 11.6 Å². The third kappa shape index (κ3) is 2.18. The van der Waals surface area contributed by atoms with Gasteiger partial charge in [-0.2, -0.15) is 0 Å². The highest BCUT2D eigenvalue weighted by Gasteiger charge is 2.25. The molecule has 1 aromatic rings. The van der Waals surface area contributed by atoms with Crippen molar-refractivity contribution >= 4 is 11.6 Å². The lowest BCUT2D eigenvalue weighted by Crippen LogP contribution is -2.27. The Balaban J connectivity index is 2.27. The van der Waals surface area contributed by atoms with Crippen molar-refractivity contribution in [1.29, 1.82) is 0 Å². The number of hydrogen-bond donors (Lipinski definition) is 1. The minimum absolute atomic E-state index is 0.441. The molecule has 1 saturated heterocycles. The van der Waals surface area contributed by atoms with Gasteiger partial charge in [-0.25, -0.2) is 0 Å². The van der Waals surface area contributed by atoms with Gasteiger partial charge in [-0.05, 0) is 25.5 Å². The second kappa shape index (κ2) is 5.07. The Morgan fingerprint density at radius 3 is 2.94 bits per heavy atom. The maximum absolute atomic E-state index is 6.13. The molecule has 0 bridgehead atoms. The topological polar surface area (TPSA) is 21.3 Å². The zero-order chi connectivity index (χ0) is 11.5. The average molecular weight is 240 g/mol. The van der Waals surface area contributed by atoms with Gasteiger partial charge < -0.3 is 10.1 Å². The van der Waals surface area contributed by atoms with E-state index in [1.54, 1.807) is 7.11 Å². The van der Waals surface area contributed by atoms with E-state index in [1.165, 1.54) is 18.4 Å². The summed E-state index contributed by atoms with van der Waals surface area (Å²) >= 11 is 6.13. The largest absolute Gasteiger partial charge is 0.495 e. The molecule has 2 unspecified atom stereocenters. The van der Waals surface area contributed by atoms with E-state index >= 15 is 0 Å². The maximum Gasteiger partial charge on any atom is 0.140 e. The lowest BCUT2D eigenvalue weighted by molar-refractivity contribution is 0.399. The van der Waals surface area contributed by atoms with Gasteiger partial charge in [0.1, 0.15) is 5.75 Å². The molecular weight excluding hydrogens is 222 g/mol. The molecule has 0 radical (unpaired) electrons. The maximum atomic E-state index is 6.13. The van der Waals surface area contributed by atoms with Gasteiger partial charge in [0, 0.05) is 17.5 Å². The fourth-order valence-corrected chi connectivity index (χ4v) is 2.71. The van der Waals surface area contributed by atoms with Crippen LogP contribution in [0.5, 0.6) is 5.75 Å². The van der Waals surface area contributed by atoms with E-state index in [9.17, 15) is 0 Å². The van der Waals surface area contributed by atoms with Crippen LogP contribution in [0.25, 0.3) is 0 Å². The molecule has 16 heavy (non-hydrogen) atoms. The fraction of sp³-hybridized carbons (Fsp3) is 0.538. The van der Waals surface area contributed by atoms with Crippen LogP contribution in [0.15, 0.2) is 18.2 Å². The SMILES string of the molecule is COc1c(Cl)cccc1C(C)C1CCCN1. The highest BCUT2D eigenvalue weighted by molar-refractivity contribution is 6.32. The summed E-state index contributed by atoms with van der Waals surface area (Å²) in [5.74, 6) is 1.27. The molecule has 3 heteroatoms.